The molecule has 0 aliphatic rings. The smallest absolute Gasteiger partial charge is 0.254 e. The van der Waals surface area contributed by atoms with Gasteiger partial charge in [0, 0.05) is 27.6 Å². The average molecular weight is 388 g/mol. The van der Waals surface area contributed by atoms with Crippen molar-refractivity contribution in [2.75, 3.05) is 7.05 Å². The van der Waals surface area contributed by atoms with E-state index in [0.29, 0.717) is 12.1 Å². The van der Waals surface area contributed by atoms with Crippen molar-refractivity contribution < 1.29 is 9.32 Å². The number of carbonyl (C=O) groups is 1. The van der Waals surface area contributed by atoms with Crippen molar-refractivity contribution in [3.63, 3.8) is 0 Å². The summed E-state index contributed by atoms with van der Waals surface area (Å²) in [6.45, 7) is 2.24. The topological polar surface area (TPSA) is 46.3 Å². The van der Waals surface area contributed by atoms with Crippen LogP contribution in [0.1, 0.15) is 21.8 Å². The molecule has 0 spiro atoms. The Morgan fingerprint density at radius 1 is 1.26 bits per heavy atom. The van der Waals surface area contributed by atoms with Gasteiger partial charge >= 0.3 is 0 Å². The summed E-state index contributed by atoms with van der Waals surface area (Å²) in [5.74, 6) is 0.670. The third kappa shape index (κ3) is 3.67. The normalized spacial score (nSPS) is 10.5. The van der Waals surface area contributed by atoms with Gasteiger partial charge in [0.05, 0.1) is 6.54 Å². The van der Waals surface area contributed by atoms with E-state index in [1.54, 1.807) is 24.1 Å². The highest BCUT2D eigenvalue weighted by molar-refractivity contribution is 9.11. The molecule has 0 radical (unpaired) electrons. The number of benzene rings is 1. The highest BCUT2D eigenvalue weighted by Crippen LogP contribution is 2.21. The van der Waals surface area contributed by atoms with Crippen molar-refractivity contribution in [3.8, 4) is 0 Å². The van der Waals surface area contributed by atoms with E-state index in [-0.39, 0.29) is 5.91 Å². The lowest BCUT2D eigenvalue weighted by Crippen LogP contribution is -2.26. The van der Waals surface area contributed by atoms with Crippen LogP contribution in [0.4, 0.5) is 0 Å². The number of rotatable bonds is 3. The highest BCUT2D eigenvalue weighted by Gasteiger charge is 2.14. The van der Waals surface area contributed by atoms with Crippen LogP contribution in [0.5, 0.6) is 0 Å². The molecule has 0 unspecified atom stereocenters. The van der Waals surface area contributed by atoms with Crippen molar-refractivity contribution in [2.45, 2.75) is 13.5 Å². The molecule has 19 heavy (non-hydrogen) atoms. The van der Waals surface area contributed by atoms with E-state index >= 15 is 0 Å². The number of aryl methyl sites for hydroxylation is 1. The van der Waals surface area contributed by atoms with Crippen molar-refractivity contribution in [2.24, 2.45) is 0 Å². The van der Waals surface area contributed by atoms with Gasteiger partial charge in [-0.1, -0.05) is 37.0 Å². The van der Waals surface area contributed by atoms with Crippen LogP contribution in [0, 0.1) is 6.92 Å². The third-order valence-corrected chi connectivity index (χ3v) is 3.45. The molecule has 0 saturated carbocycles. The molecule has 1 aromatic heterocycles. The molecule has 0 saturated heterocycles. The Balaban J connectivity index is 2.14. The maximum absolute atomic E-state index is 12.3. The minimum atomic E-state index is -0.0670. The zero-order valence-corrected chi connectivity index (χ0v) is 13.7. The van der Waals surface area contributed by atoms with E-state index in [9.17, 15) is 4.79 Å². The fourth-order valence-electron chi connectivity index (χ4n) is 1.70. The van der Waals surface area contributed by atoms with E-state index in [1.165, 1.54) is 0 Å². The fourth-order valence-corrected chi connectivity index (χ4v) is 3.00. The van der Waals surface area contributed by atoms with Crippen LogP contribution in [0.2, 0.25) is 0 Å². The molecule has 1 heterocycles. The van der Waals surface area contributed by atoms with Gasteiger partial charge in [-0.05, 0) is 25.1 Å². The molecular formula is C13H12Br2N2O2. The Morgan fingerprint density at radius 3 is 2.42 bits per heavy atom. The van der Waals surface area contributed by atoms with Gasteiger partial charge < -0.3 is 9.42 Å². The lowest BCUT2D eigenvalue weighted by molar-refractivity contribution is 0.0782. The highest BCUT2D eigenvalue weighted by atomic mass is 79.9. The molecule has 2 aromatic rings. The third-order valence-electron chi connectivity index (χ3n) is 2.53. The number of hydrogen-bond donors (Lipinski definition) is 0. The first-order valence-corrected chi connectivity index (χ1v) is 7.18. The predicted molar refractivity (Wildman–Crippen MR) is 78.9 cm³/mol. The Bertz CT molecular complexity index is 590. The zero-order valence-electron chi connectivity index (χ0n) is 10.5. The number of carbonyl (C=O) groups excluding carboxylic acids is 1. The lowest BCUT2D eigenvalue weighted by Gasteiger charge is -2.16. The van der Waals surface area contributed by atoms with Crippen molar-refractivity contribution in [1.82, 2.24) is 10.1 Å². The van der Waals surface area contributed by atoms with Crippen molar-refractivity contribution >= 4 is 37.8 Å². The maximum Gasteiger partial charge on any atom is 0.254 e. The number of hydrogen-bond acceptors (Lipinski definition) is 3. The molecular weight excluding hydrogens is 376 g/mol. The van der Waals surface area contributed by atoms with Crippen LogP contribution in [0.3, 0.4) is 0 Å². The van der Waals surface area contributed by atoms with E-state index < -0.39 is 0 Å². The fraction of sp³-hybridized carbons (Fsp3) is 0.231. The molecule has 0 N–H and O–H groups in total. The van der Waals surface area contributed by atoms with Gasteiger partial charge in [0.2, 0.25) is 0 Å². The molecule has 1 amide bonds. The number of aromatic nitrogens is 1. The van der Waals surface area contributed by atoms with Gasteiger partial charge in [-0.25, -0.2) is 0 Å². The Hall–Kier alpha value is -1.14. The van der Waals surface area contributed by atoms with Crippen LogP contribution in [-0.2, 0) is 6.54 Å². The molecule has 0 bridgehead atoms. The summed E-state index contributed by atoms with van der Waals surface area (Å²) in [6, 6.07) is 7.29. The second-order valence-corrected chi connectivity index (χ2v) is 6.08. The van der Waals surface area contributed by atoms with Gasteiger partial charge in [-0.3, -0.25) is 4.79 Å². The minimum Gasteiger partial charge on any atom is -0.361 e. The summed E-state index contributed by atoms with van der Waals surface area (Å²) in [5, 5.41) is 3.88. The summed E-state index contributed by atoms with van der Waals surface area (Å²) in [5.41, 5.74) is 1.35. The molecule has 2 rings (SSSR count). The van der Waals surface area contributed by atoms with Crippen molar-refractivity contribution in [3.05, 3.63) is 50.2 Å². The van der Waals surface area contributed by atoms with E-state index in [1.807, 2.05) is 19.1 Å². The second-order valence-electron chi connectivity index (χ2n) is 4.25. The SMILES string of the molecule is Cc1cc(CN(C)C(=O)c2cc(Br)cc(Br)c2)no1. The number of amides is 1. The largest absolute Gasteiger partial charge is 0.361 e. The quantitative estimate of drug-likeness (QED) is 0.804. The summed E-state index contributed by atoms with van der Waals surface area (Å²) in [7, 11) is 1.74. The average Bonchev–Trinajstić information content (AvgIpc) is 2.72. The molecule has 6 heteroatoms. The molecule has 0 aliphatic heterocycles. The van der Waals surface area contributed by atoms with Gasteiger partial charge in [0.25, 0.3) is 5.91 Å². The van der Waals surface area contributed by atoms with Gasteiger partial charge in [0.1, 0.15) is 11.5 Å². The summed E-state index contributed by atoms with van der Waals surface area (Å²) >= 11 is 6.74. The van der Waals surface area contributed by atoms with E-state index in [0.717, 1.165) is 20.4 Å². The van der Waals surface area contributed by atoms with Crippen LogP contribution < -0.4 is 0 Å². The minimum absolute atomic E-state index is 0.0670. The van der Waals surface area contributed by atoms with E-state index in [2.05, 4.69) is 37.0 Å². The molecule has 4 nitrogen and oxygen atoms in total. The number of nitrogens with zero attached hydrogens (tertiary/aromatic N) is 2. The zero-order chi connectivity index (χ0) is 14.0. The van der Waals surface area contributed by atoms with E-state index in [4.69, 9.17) is 4.52 Å². The lowest BCUT2D eigenvalue weighted by atomic mass is 10.2. The molecule has 100 valence electrons. The standard InChI is InChI=1S/C13H12Br2N2O2/c1-8-3-12(16-19-8)7-17(2)13(18)9-4-10(14)6-11(15)5-9/h3-6H,7H2,1-2H3. The Morgan fingerprint density at radius 2 is 1.89 bits per heavy atom. The first-order chi connectivity index (χ1) is 8.95. The molecule has 0 atom stereocenters. The molecule has 0 aliphatic carbocycles. The summed E-state index contributed by atoms with van der Waals surface area (Å²) < 4.78 is 6.70. The Labute approximate surface area is 128 Å². The van der Waals surface area contributed by atoms with Crippen molar-refractivity contribution in [1.29, 1.82) is 0 Å². The van der Waals surface area contributed by atoms with Crippen LogP contribution in [-0.4, -0.2) is 23.0 Å². The monoisotopic (exact) mass is 386 g/mol. The van der Waals surface area contributed by atoms with Crippen LogP contribution in [0.15, 0.2) is 37.7 Å². The first kappa shape index (κ1) is 14.3. The van der Waals surface area contributed by atoms with Crippen LogP contribution >= 0.6 is 31.9 Å². The second kappa shape index (κ2) is 5.88. The number of halogens is 2. The van der Waals surface area contributed by atoms with Gasteiger partial charge in [-0.15, -0.1) is 0 Å². The summed E-state index contributed by atoms with van der Waals surface area (Å²) in [4.78, 5) is 13.9. The van der Waals surface area contributed by atoms with Crippen LogP contribution in [0.25, 0.3) is 0 Å². The molecule has 1 aromatic carbocycles. The molecule has 0 fully saturated rings. The first-order valence-electron chi connectivity index (χ1n) is 5.59. The summed E-state index contributed by atoms with van der Waals surface area (Å²) in [6.07, 6.45) is 0. The Kier molecular flexibility index (Phi) is 4.42. The van der Waals surface area contributed by atoms with Gasteiger partial charge in [0.15, 0.2) is 0 Å². The predicted octanol–water partition coefficient (Wildman–Crippen LogP) is 3.78. The van der Waals surface area contributed by atoms with Gasteiger partial charge in [-0.2, -0.15) is 0 Å². The maximum atomic E-state index is 12.3.